The van der Waals surface area contributed by atoms with Crippen molar-refractivity contribution in [2.45, 2.75) is 19.8 Å². The predicted molar refractivity (Wildman–Crippen MR) is 85.9 cm³/mol. The second-order valence-corrected chi connectivity index (χ2v) is 5.19. The fourth-order valence-electron chi connectivity index (χ4n) is 1.81. The van der Waals surface area contributed by atoms with E-state index in [1.807, 2.05) is 26.2 Å². The molecule has 0 fully saturated rings. The lowest BCUT2D eigenvalue weighted by Crippen LogP contribution is -2.38. The van der Waals surface area contributed by atoms with Crippen molar-refractivity contribution in [1.29, 1.82) is 0 Å². The van der Waals surface area contributed by atoms with E-state index in [1.165, 1.54) is 5.56 Å². The van der Waals surface area contributed by atoms with Gasteiger partial charge in [0.25, 0.3) is 0 Å². The van der Waals surface area contributed by atoms with Gasteiger partial charge in [0.1, 0.15) is 12.4 Å². The van der Waals surface area contributed by atoms with E-state index in [4.69, 9.17) is 4.74 Å². The summed E-state index contributed by atoms with van der Waals surface area (Å²) in [6, 6.07) is 7.89. The van der Waals surface area contributed by atoms with Gasteiger partial charge < -0.3 is 20.3 Å². The number of aryl methyl sites for hydroxylation is 1. The Kier molecular flexibility index (Phi) is 8.28. The third-order valence-electron chi connectivity index (χ3n) is 3.06. The summed E-state index contributed by atoms with van der Waals surface area (Å²) in [6.07, 6.45) is 1.97. The third-order valence-corrected chi connectivity index (χ3v) is 3.06. The molecule has 0 unspecified atom stereocenters. The summed E-state index contributed by atoms with van der Waals surface area (Å²) < 4.78 is 5.56. The number of urea groups is 1. The molecule has 5 nitrogen and oxygen atoms in total. The maximum Gasteiger partial charge on any atom is 0.314 e. The van der Waals surface area contributed by atoms with Crippen LogP contribution in [-0.4, -0.2) is 51.3 Å². The van der Waals surface area contributed by atoms with Crippen LogP contribution in [0.4, 0.5) is 4.79 Å². The Hall–Kier alpha value is -1.75. The van der Waals surface area contributed by atoms with Gasteiger partial charge in [-0.3, -0.25) is 0 Å². The van der Waals surface area contributed by atoms with Gasteiger partial charge in [0.15, 0.2) is 0 Å². The minimum absolute atomic E-state index is 0.140. The quantitative estimate of drug-likeness (QED) is 0.684. The first kappa shape index (κ1) is 17.3. The van der Waals surface area contributed by atoms with Crippen LogP contribution in [0.5, 0.6) is 5.75 Å². The van der Waals surface area contributed by atoms with Crippen molar-refractivity contribution < 1.29 is 9.53 Å². The molecule has 21 heavy (non-hydrogen) atoms. The monoisotopic (exact) mass is 293 g/mol. The van der Waals surface area contributed by atoms with Crippen molar-refractivity contribution in [2.75, 3.05) is 40.3 Å². The number of amides is 2. The highest BCUT2D eigenvalue weighted by molar-refractivity contribution is 5.73. The molecule has 2 N–H and O–H groups in total. The molecule has 0 heterocycles. The molecular weight excluding hydrogens is 266 g/mol. The molecule has 118 valence electrons. The molecule has 0 bridgehead atoms. The van der Waals surface area contributed by atoms with Gasteiger partial charge in [0.05, 0.1) is 6.54 Å². The first-order valence-electron chi connectivity index (χ1n) is 7.50. The zero-order chi connectivity index (χ0) is 15.5. The first-order chi connectivity index (χ1) is 10.1. The van der Waals surface area contributed by atoms with Crippen molar-refractivity contribution in [3.63, 3.8) is 0 Å². The number of nitrogens with zero attached hydrogens (tertiary/aromatic N) is 1. The standard InChI is InChI=1S/C16H27N3O2/c1-4-14-6-8-15(9-7-14)21-13-11-18-16(20)17-10-5-12-19(2)3/h6-9H,4-5,10-13H2,1-3H3,(H2,17,18,20). The second-order valence-electron chi connectivity index (χ2n) is 5.19. The molecule has 0 aromatic heterocycles. The van der Waals surface area contributed by atoms with Gasteiger partial charge in [-0.05, 0) is 51.2 Å². The molecule has 0 spiro atoms. The minimum Gasteiger partial charge on any atom is -0.492 e. The number of carbonyl (C=O) groups is 1. The first-order valence-corrected chi connectivity index (χ1v) is 7.50. The van der Waals surface area contributed by atoms with E-state index in [2.05, 4.69) is 34.6 Å². The van der Waals surface area contributed by atoms with Crippen LogP contribution in [0.25, 0.3) is 0 Å². The molecule has 1 aromatic rings. The van der Waals surface area contributed by atoms with Crippen LogP contribution < -0.4 is 15.4 Å². The van der Waals surface area contributed by atoms with Crippen molar-refractivity contribution in [3.8, 4) is 5.75 Å². The van der Waals surface area contributed by atoms with Gasteiger partial charge in [0, 0.05) is 6.54 Å². The maximum absolute atomic E-state index is 11.5. The average Bonchev–Trinajstić information content (AvgIpc) is 2.48. The summed E-state index contributed by atoms with van der Waals surface area (Å²) in [4.78, 5) is 13.6. The lowest BCUT2D eigenvalue weighted by Gasteiger charge is -2.11. The smallest absolute Gasteiger partial charge is 0.314 e. The van der Waals surface area contributed by atoms with Crippen molar-refractivity contribution >= 4 is 6.03 Å². The predicted octanol–water partition coefficient (Wildman–Crippen LogP) is 1.88. The highest BCUT2D eigenvalue weighted by Crippen LogP contribution is 2.11. The molecule has 5 heteroatoms. The highest BCUT2D eigenvalue weighted by atomic mass is 16.5. The van der Waals surface area contributed by atoms with Crippen LogP contribution in [-0.2, 0) is 6.42 Å². The van der Waals surface area contributed by atoms with Crippen LogP contribution >= 0.6 is 0 Å². The zero-order valence-corrected chi connectivity index (χ0v) is 13.3. The van der Waals surface area contributed by atoms with Gasteiger partial charge in [-0.15, -0.1) is 0 Å². The van der Waals surface area contributed by atoms with E-state index >= 15 is 0 Å². The lowest BCUT2D eigenvalue weighted by molar-refractivity contribution is 0.236. The Bertz CT molecular complexity index is 404. The summed E-state index contributed by atoms with van der Waals surface area (Å²) in [7, 11) is 4.04. The van der Waals surface area contributed by atoms with Crippen molar-refractivity contribution in [2.24, 2.45) is 0 Å². The Morgan fingerprint density at radius 3 is 2.43 bits per heavy atom. The number of nitrogens with one attached hydrogen (secondary N) is 2. The number of hydrogen-bond acceptors (Lipinski definition) is 3. The van der Waals surface area contributed by atoms with Gasteiger partial charge in [0.2, 0.25) is 0 Å². The van der Waals surface area contributed by atoms with Gasteiger partial charge in [-0.2, -0.15) is 0 Å². The molecule has 1 aromatic carbocycles. The van der Waals surface area contributed by atoms with E-state index in [0.717, 1.165) is 25.1 Å². The Morgan fingerprint density at radius 2 is 1.81 bits per heavy atom. The second kappa shape index (κ2) is 10.0. The van der Waals surface area contributed by atoms with Crippen LogP contribution in [0.2, 0.25) is 0 Å². The van der Waals surface area contributed by atoms with E-state index in [0.29, 0.717) is 19.7 Å². The van der Waals surface area contributed by atoms with E-state index in [-0.39, 0.29) is 6.03 Å². The molecule has 2 amide bonds. The normalized spacial score (nSPS) is 10.5. The van der Waals surface area contributed by atoms with E-state index < -0.39 is 0 Å². The van der Waals surface area contributed by atoms with Crippen molar-refractivity contribution in [3.05, 3.63) is 29.8 Å². The molecule has 0 aliphatic carbocycles. The van der Waals surface area contributed by atoms with Crippen LogP contribution in [0.1, 0.15) is 18.9 Å². The number of hydrogen-bond donors (Lipinski definition) is 2. The number of benzene rings is 1. The largest absolute Gasteiger partial charge is 0.492 e. The molecule has 0 atom stereocenters. The summed E-state index contributed by atoms with van der Waals surface area (Å²) in [5.41, 5.74) is 1.29. The summed E-state index contributed by atoms with van der Waals surface area (Å²) in [5.74, 6) is 0.834. The molecule has 0 aliphatic heterocycles. The fraction of sp³-hybridized carbons (Fsp3) is 0.562. The molecule has 0 saturated carbocycles. The number of carbonyl (C=O) groups excluding carboxylic acids is 1. The molecule has 0 aliphatic rings. The molecule has 1 rings (SSSR count). The summed E-state index contributed by atoms with van der Waals surface area (Å²) in [5, 5.41) is 5.59. The Morgan fingerprint density at radius 1 is 1.14 bits per heavy atom. The van der Waals surface area contributed by atoms with Gasteiger partial charge in [-0.1, -0.05) is 19.1 Å². The molecule has 0 saturated heterocycles. The SMILES string of the molecule is CCc1ccc(OCCNC(=O)NCCCN(C)C)cc1. The van der Waals surface area contributed by atoms with Gasteiger partial charge in [-0.25, -0.2) is 4.79 Å². The summed E-state index contributed by atoms with van der Waals surface area (Å²) in [6.45, 7) is 4.74. The number of ether oxygens (including phenoxy) is 1. The van der Waals surface area contributed by atoms with E-state index in [1.54, 1.807) is 0 Å². The van der Waals surface area contributed by atoms with Crippen LogP contribution in [0.3, 0.4) is 0 Å². The fourth-order valence-corrected chi connectivity index (χ4v) is 1.81. The molecule has 0 radical (unpaired) electrons. The van der Waals surface area contributed by atoms with Crippen molar-refractivity contribution in [1.82, 2.24) is 15.5 Å². The van der Waals surface area contributed by atoms with E-state index in [9.17, 15) is 4.79 Å². The van der Waals surface area contributed by atoms with Crippen LogP contribution in [0, 0.1) is 0 Å². The summed E-state index contributed by atoms with van der Waals surface area (Å²) >= 11 is 0. The Labute approximate surface area is 127 Å². The third kappa shape index (κ3) is 8.19. The topological polar surface area (TPSA) is 53.6 Å². The molecular formula is C16H27N3O2. The Balaban J connectivity index is 2.06. The maximum atomic E-state index is 11.5. The highest BCUT2D eigenvalue weighted by Gasteiger charge is 1.99. The zero-order valence-electron chi connectivity index (χ0n) is 13.3. The average molecular weight is 293 g/mol. The number of rotatable bonds is 9. The van der Waals surface area contributed by atoms with Gasteiger partial charge >= 0.3 is 6.03 Å². The lowest BCUT2D eigenvalue weighted by atomic mass is 10.2. The van der Waals surface area contributed by atoms with Crippen LogP contribution in [0.15, 0.2) is 24.3 Å². The minimum atomic E-state index is -0.140.